The third-order valence-electron chi connectivity index (χ3n) is 12.3. The molecule has 0 saturated carbocycles. The van der Waals surface area contributed by atoms with Gasteiger partial charge in [0, 0.05) is 43.0 Å². The van der Waals surface area contributed by atoms with E-state index < -0.39 is 47.5 Å². The Morgan fingerprint density at radius 3 is 2.42 bits per heavy atom. The summed E-state index contributed by atoms with van der Waals surface area (Å²) in [6.07, 6.45) is 6.63. The molecule has 6 N–H and O–H groups in total. The van der Waals surface area contributed by atoms with E-state index in [1.807, 2.05) is 56.7 Å². The third-order valence-corrected chi connectivity index (χ3v) is 13.3. The summed E-state index contributed by atoms with van der Waals surface area (Å²) in [5.41, 5.74) is 7.16. The number of hydrogen-bond acceptors (Lipinski definition) is 13. The van der Waals surface area contributed by atoms with Crippen LogP contribution in [0, 0.1) is 17.3 Å². The zero-order valence-electron chi connectivity index (χ0n) is 38.9. The lowest BCUT2D eigenvalue weighted by atomic mass is 9.84. The van der Waals surface area contributed by atoms with E-state index in [0.717, 1.165) is 42.0 Å². The van der Waals surface area contributed by atoms with Gasteiger partial charge in [-0.25, -0.2) is 9.67 Å². The highest BCUT2D eigenvalue weighted by molar-refractivity contribution is 7.09. The molecule has 1 aliphatic rings. The van der Waals surface area contributed by atoms with Crippen LogP contribution in [0.1, 0.15) is 133 Å². The largest absolute Gasteiger partial charge is 0.481 e. The van der Waals surface area contributed by atoms with Gasteiger partial charge < -0.3 is 36.2 Å². The number of aliphatic hydroxyl groups is 1. The molecule has 64 heavy (non-hydrogen) atoms. The van der Waals surface area contributed by atoms with E-state index in [9.17, 15) is 29.4 Å². The zero-order chi connectivity index (χ0) is 47.1. The Morgan fingerprint density at radius 1 is 1.08 bits per heavy atom. The van der Waals surface area contributed by atoms with Crippen LogP contribution in [0.15, 0.2) is 35.8 Å². The molecule has 3 aromatic rings. The molecular weight excluding hydrogens is 839 g/mol. The summed E-state index contributed by atoms with van der Waals surface area (Å²) >= 11 is 1.16. The Balaban J connectivity index is 1.64. The van der Waals surface area contributed by atoms with Crippen molar-refractivity contribution >= 4 is 46.7 Å². The van der Waals surface area contributed by atoms with Crippen LogP contribution < -0.4 is 16.4 Å². The predicted molar refractivity (Wildman–Crippen MR) is 245 cm³/mol. The second-order valence-corrected chi connectivity index (χ2v) is 19.1. The number of piperidine rings is 1. The number of nitrogens with zero attached hydrogens (tertiary/aromatic N) is 6. The number of aryl methyl sites for hydroxylation is 1. The maximum atomic E-state index is 15.1. The molecule has 1 fully saturated rings. The SMILES string of the molecule is CC[C@H](C)[C@H](NC(=O)C1CCCCN1C)C(=O)N(CCCCc1cnnn1CCO)[C@H](C[C@@H](OC(C)=O)c1nc(C(=O)NC(Cc2ccc(N)cc2)CC(C)(C)C(=O)O)cs1)C(C)C. The number of anilines is 1. The molecule has 0 radical (unpaired) electrons. The van der Waals surface area contributed by atoms with Gasteiger partial charge in [-0.1, -0.05) is 57.9 Å². The average molecular weight is 910 g/mol. The summed E-state index contributed by atoms with van der Waals surface area (Å²) in [4.78, 5) is 76.3. The van der Waals surface area contributed by atoms with E-state index in [0.29, 0.717) is 62.3 Å². The van der Waals surface area contributed by atoms with E-state index in [1.54, 1.807) is 42.2 Å². The monoisotopic (exact) mass is 910 g/mol. The molecule has 1 saturated heterocycles. The second kappa shape index (κ2) is 24.4. The van der Waals surface area contributed by atoms with Crippen LogP contribution in [0.4, 0.5) is 5.69 Å². The van der Waals surface area contributed by atoms with Gasteiger partial charge in [-0.3, -0.25) is 28.9 Å². The summed E-state index contributed by atoms with van der Waals surface area (Å²) in [5, 5.41) is 35.6. The van der Waals surface area contributed by atoms with Gasteiger partial charge in [0.05, 0.1) is 36.5 Å². The molecule has 1 aromatic carbocycles. The number of hydrogen-bond donors (Lipinski definition) is 5. The lowest BCUT2D eigenvalue weighted by Gasteiger charge is -2.40. The number of carboxylic acids is 1. The second-order valence-electron chi connectivity index (χ2n) is 18.3. The van der Waals surface area contributed by atoms with Crippen LogP contribution >= 0.6 is 11.3 Å². The molecule has 0 bridgehead atoms. The average Bonchev–Trinajstić information content (AvgIpc) is 3.92. The summed E-state index contributed by atoms with van der Waals surface area (Å²) in [7, 11) is 1.94. The van der Waals surface area contributed by atoms with Crippen LogP contribution in [0.3, 0.4) is 0 Å². The molecule has 18 heteroatoms. The summed E-state index contributed by atoms with van der Waals surface area (Å²) < 4.78 is 7.62. The number of likely N-dealkylation sites (tertiary alicyclic amines) is 1. The van der Waals surface area contributed by atoms with E-state index in [-0.39, 0.29) is 54.8 Å². The molecule has 2 aromatic heterocycles. The third kappa shape index (κ3) is 14.8. The predicted octanol–water partition coefficient (Wildman–Crippen LogP) is 5.04. The summed E-state index contributed by atoms with van der Waals surface area (Å²) in [6.45, 7) is 13.9. The molecule has 3 amide bonds. The quantitative estimate of drug-likeness (QED) is 0.0427. The number of thiazole rings is 1. The molecule has 17 nitrogen and oxygen atoms in total. The lowest BCUT2D eigenvalue weighted by molar-refractivity contribution is -0.150. The highest BCUT2D eigenvalue weighted by Gasteiger charge is 2.39. The number of carboxylic acid groups (broad SMARTS) is 1. The highest BCUT2D eigenvalue weighted by Crippen LogP contribution is 2.32. The first-order valence-corrected chi connectivity index (χ1v) is 23.5. The molecule has 2 unspecified atom stereocenters. The van der Waals surface area contributed by atoms with Gasteiger partial charge in [0.2, 0.25) is 11.8 Å². The Bertz CT molecular complexity index is 1990. The Labute approximate surface area is 381 Å². The Morgan fingerprint density at radius 2 is 1.80 bits per heavy atom. The maximum absolute atomic E-state index is 15.1. The van der Waals surface area contributed by atoms with Crippen molar-refractivity contribution in [1.82, 2.24) is 40.4 Å². The van der Waals surface area contributed by atoms with Crippen LogP contribution in [-0.2, 0) is 43.3 Å². The van der Waals surface area contributed by atoms with Crippen LogP contribution in [-0.4, -0.2) is 121 Å². The molecule has 0 spiro atoms. The van der Waals surface area contributed by atoms with Crippen molar-refractivity contribution in [3.63, 3.8) is 0 Å². The van der Waals surface area contributed by atoms with Crippen molar-refractivity contribution in [3.05, 3.63) is 57.8 Å². The first-order chi connectivity index (χ1) is 30.3. The standard InChI is InChI=1S/C46H71N9O8S/c1-9-30(4)40(51-42(59)37-15-11-12-20-53(37)8)44(60)54(21-13-10-14-35-27-48-52-55(35)22-23-56)38(29(2)3)25-39(63-31(5)57)43-50-36(28-64-43)41(58)49-34(26-46(6,7)45(61)62)24-32-16-18-33(47)19-17-32/h16-19,27-30,34,37-40,56H,9-15,20-26,47H2,1-8H3,(H,49,58)(H,51,59)(H,61,62)/t30-,34?,37?,38+,39+,40-/m0/s1. The number of nitrogens with one attached hydrogen (secondary N) is 2. The Kier molecular flexibility index (Phi) is 19.7. The number of aromatic nitrogens is 4. The molecule has 354 valence electrons. The molecule has 4 rings (SSSR count). The van der Waals surface area contributed by atoms with E-state index >= 15 is 4.79 Å². The van der Waals surface area contributed by atoms with Crippen molar-refractivity contribution in [3.8, 4) is 0 Å². The molecule has 1 aliphatic heterocycles. The minimum Gasteiger partial charge on any atom is -0.481 e. The normalized spacial score (nSPS) is 16.9. The number of aliphatic hydroxyl groups excluding tert-OH is 1. The number of carbonyl (C=O) groups excluding carboxylic acids is 4. The minimum atomic E-state index is -1.14. The number of unbranched alkanes of at least 4 members (excludes halogenated alkanes) is 1. The van der Waals surface area contributed by atoms with Crippen molar-refractivity contribution in [2.45, 2.75) is 149 Å². The number of rotatable bonds is 25. The van der Waals surface area contributed by atoms with Crippen molar-refractivity contribution in [2.24, 2.45) is 17.3 Å². The minimum absolute atomic E-state index is 0.0704. The number of ether oxygens (including phenoxy) is 1. The number of esters is 1. The van der Waals surface area contributed by atoms with Crippen LogP contribution in [0.2, 0.25) is 0 Å². The molecule has 6 atom stereocenters. The molecular formula is C46H71N9O8S. The molecule has 0 aliphatic carbocycles. The van der Waals surface area contributed by atoms with Gasteiger partial charge in [-0.15, -0.1) is 16.4 Å². The maximum Gasteiger partial charge on any atom is 0.309 e. The van der Waals surface area contributed by atoms with Gasteiger partial charge in [0.15, 0.2) is 6.10 Å². The van der Waals surface area contributed by atoms with Gasteiger partial charge in [0.1, 0.15) is 16.7 Å². The van der Waals surface area contributed by atoms with E-state index in [1.165, 1.54) is 6.92 Å². The Hall–Kier alpha value is -4.94. The number of nitrogen functional groups attached to an aromatic ring is 1. The topological polar surface area (TPSA) is 235 Å². The van der Waals surface area contributed by atoms with Crippen molar-refractivity contribution < 1.29 is 38.9 Å². The summed E-state index contributed by atoms with van der Waals surface area (Å²) in [5.74, 6) is -2.76. The van der Waals surface area contributed by atoms with Gasteiger partial charge in [-0.05, 0) is 102 Å². The van der Waals surface area contributed by atoms with Crippen molar-refractivity contribution in [1.29, 1.82) is 0 Å². The number of likely N-dealkylation sites (N-methyl/N-ethyl adjacent to an activating group) is 1. The van der Waals surface area contributed by atoms with Crippen LogP contribution in [0.5, 0.6) is 0 Å². The number of nitrogens with two attached hydrogens (primary N) is 1. The first-order valence-electron chi connectivity index (χ1n) is 22.7. The van der Waals surface area contributed by atoms with Gasteiger partial charge in [0.25, 0.3) is 5.91 Å². The lowest BCUT2D eigenvalue weighted by Crippen LogP contribution is -2.59. The first kappa shape index (κ1) is 51.7. The number of benzene rings is 1. The van der Waals surface area contributed by atoms with Crippen molar-refractivity contribution in [2.75, 3.05) is 32.5 Å². The van der Waals surface area contributed by atoms with Gasteiger partial charge >= 0.3 is 11.9 Å². The number of amides is 3. The van der Waals surface area contributed by atoms with Crippen LogP contribution in [0.25, 0.3) is 0 Å². The summed E-state index contributed by atoms with van der Waals surface area (Å²) in [6, 6.07) is 5.00. The number of carbonyl (C=O) groups is 5. The number of aliphatic carboxylic acids is 1. The fourth-order valence-corrected chi connectivity index (χ4v) is 9.13. The zero-order valence-corrected chi connectivity index (χ0v) is 39.7. The fraction of sp³-hybridized carbons (Fsp3) is 0.652. The smallest absolute Gasteiger partial charge is 0.309 e. The van der Waals surface area contributed by atoms with E-state index in [2.05, 4.69) is 25.9 Å². The fourth-order valence-electron chi connectivity index (χ4n) is 8.29. The molecule has 3 heterocycles. The highest BCUT2D eigenvalue weighted by atomic mass is 32.1. The van der Waals surface area contributed by atoms with E-state index in [4.69, 9.17) is 10.5 Å². The van der Waals surface area contributed by atoms with Gasteiger partial charge in [-0.2, -0.15) is 0 Å².